The molecule has 5 nitrogen and oxygen atoms in total. The van der Waals surface area contributed by atoms with Crippen molar-refractivity contribution in [3.63, 3.8) is 0 Å². The van der Waals surface area contributed by atoms with Gasteiger partial charge in [0.2, 0.25) is 0 Å². The molecule has 1 aliphatic heterocycles. The third-order valence-electron chi connectivity index (χ3n) is 5.50. The molecule has 2 fully saturated rings. The largest absolute Gasteiger partial charge is 0.496 e. The predicted octanol–water partition coefficient (Wildman–Crippen LogP) is 2.64. The first-order valence-electron chi connectivity index (χ1n) is 8.07. The van der Waals surface area contributed by atoms with Crippen molar-refractivity contribution in [1.82, 2.24) is 4.90 Å². The predicted molar refractivity (Wildman–Crippen MR) is 85.8 cm³/mol. The molecule has 0 radical (unpaired) electrons. The lowest BCUT2D eigenvalue weighted by Gasteiger charge is -2.23. The van der Waals surface area contributed by atoms with Gasteiger partial charge < -0.3 is 14.7 Å². The Balaban J connectivity index is 1.87. The van der Waals surface area contributed by atoms with E-state index in [4.69, 9.17) is 4.74 Å². The van der Waals surface area contributed by atoms with Gasteiger partial charge in [-0.25, -0.2) is 0 Å². The maximum absolute atomic E-state index is 12.8. The van der Waals surface area contributed by atoms with Crippen LogP contribution in [-0.2, 0) is 4.79 Å². The van der Waals surface area contributed by atoms with Crippen LogP contribution in [0.4, 0.5) is 0 Å². The highest BCUT2D eigenvalue weighted by molar-refractivity contribution is 5.96. The van der Waals surface area contributed by atoms with Crippen LogP contribution in [0.15, 0.2) is 12.1 Å². The molecule has 1 saturated heterocycles. The van der Waals surface area contributed by atoms with Crippen molar-refractivity contribution in [2.75, 3.05) is 20.2 Å². The summed E-state index contributed by atoms with van der Waals surface area (Å²) in [5.41, 5.74) is 1.72. The number of carbonyl (C=O) groups excluding carboxylic acids is 1. The number of hydrogen-bond donors (Lipinski definition) is 1. The number of aliphatic carboxylic acids is 1. The van der Waals surface area contributed by atoms with E-state index in [2.05, 4.69) is 0 Å². The summed E-state index contributed by atoms with van der Waals surface area (Å²) in [6.45, 7) is 4.71. The first-order chi connectivity index (χ1) is 10.9. The molecular weight excluding hydrogens is 294 g/mol. The zero-order valence-electron chi connectivity index (χ0n) is 13.9. The van der Waals surface area contributed by atoms with Crippen LogP contribution in [0, 0.1) is 25.2 Å². The molecule has 0 aromatic heterocycles. The normalized spacial score (nSPS) is 26.2. The third kappa shape index (κ3) is 2.38. The molecule has 3 rings (SSSR count). The van der Waals surface area contributed by atoms with E-state index in [0.29, 0.717) is 25.1 Å². The molecule has 1 aromatic carbocycles. The summed E-state index contributed by atoms with van der Waals surface area (Å²) >= 11 is 0. The molecule has 2 aliphatic rings. The highest BCUT2D eigenvalue weighted by atomic mass is 16.5. The molecule has 1 aliphatic carbocycles. The van der Waals surface area contributed by atoms with E-state index in [1.807, 2.05) is 26.0 Å². The fourth-order valence-electron chi connectivity index (χ4n) is 4.37. The molecule has 1 aromatic rings. The monoisotopic (exact) mass is 317 g/mol. The van der Waals surface area contributed by atoms with Gasteiger partial charge in [-0.3, -0.25) is 9.59 Å². The zero-order chi connectivity index (χ0) is 16.8. The van der Waals surface area contributed by atoms with Gasteiger partial charge >= 0.3 is 5.97 Å². The molecular formula is C18H23NO4. The molecule has 2 atom stereocenters. The molecule has 1 saturated carbocycles. The van der Waals surface area contributed by atoms with E-state index in [1.54, 1.807) is 12.0 Å². The average molecular weight is 317 g/mol. The van der Waals surface area contributed by atoms with Crippen molar-refractivity contribution < 1.29 is 19.4 Å². The van der Waals surface area contributed by atoms with Gasteiger partial charge in [-0.15, -0.1) is 0 Å². The van der Waals surface area contributed by atoms with Gasteiger partial charge in [-0.1, -0.05) is 6.42 Å². The van der Waals surface area contributed by atoms with Crippen molar-refractivity contribution >= 4 is 11.9 Å². The number of carbonyl (C=O) groups is 2. The van der Waals surface area contributed by atoms with Crippen molar-refractivity contribution in [1.29, 1.82) is 0 Å². The second kappa shape index (κ2) is 5.55. The zero-order valence-corrected chi connectivity index (χ0v) is 13.9. The molecule has 1 heterocycles. The smallest absolute Gasteiger partial charge is 0.311 e. The Labute approximate surface area is 136 Å². The highest BCUT2D eigenvalue weighted by Crippen LogP contribution is 2.49. The van der Waals surface area contributed by atoms with E-state index < -0.39 is 11.4 Å². The molecule has 23 heavy (non-hydrogen) atoms. The number of rotatable bonds is 3. The lowest BCUT2D eigenvalue weighted by Crippen LogP contribution is -2.37. The van der Waals surface area contributed by atoms with Gasteiger partial charge in [-0.2, -0.15) is 0 Å². The summed E-state index contributed by atoms with van der Waals surface area (Å²) in [6.07, 6.45) is 2.52. The Morgan fingerprint density at radius 3 is 2.48 bits per heavy atom. The standard InChI is InChI=1S/C18H23NO4/c1-11-7-13(8-12(2)15(11)23-3)16(20)19-9-14-5-4-6-18(14,10-19)17(21)22/h7-8,14H,4-6,9-10H2,1-3H3,(H,21,22)/t14-,18+/m0/s1. The van der Waals surface area contributed by atoms with E-state index in [-0.39, 0.29) is 11.8 Å². The highest BCUT2D eigenvalue weighted by Gasteiger charge is 2.55. The Hall–Kier alpha value is -2.04. The van der Waals surface area contributed by atoms with Gasteiger partial charge in [0.15, 0.2) is 0 Å². The van der Waals surface area contributed by atoms with Gasteiger partial charge in [0.25, 0.3) is 5.91 Å². The molecule has 0 spiro atoms. The Kier molecular flexibility index (Phi) is 3.82. The number of carboxylic acid groups (broad SMARTS) is 1. The minimum Gasteiger partial charge on any atom is -0.496 e. The number of carboxylic acids is 1. The average Bonchev–Trinajstić information content (AvgIpc) is 3.03. The van der Waals surface area contributed by atoms with Crippen molar-refractivity contribution in [3.8, 4) is 5.75 Å². The summed E-state index contributed by atoms with van der Waals surface area (Å²) in [6, 6.07) is 3.66. The van der Waals surface area contributed by atoms with Crippen LogP contribution < -0.4 is 4.74 Å². The number of methoxy groups -OCH3 is 1. The summed E-state index contributed by atoms with van der Waals surface area (Å²) in [5, 5.41) is 9.65. The molecule has 0 bridgehead atoms. The number of nitrogens with zero attached hydrogens (tertiary/aromatic N) is 1. The van der Waals surface area contributed by atoms with Gasteiger partial charge in [0.1, 0.15) is 5.75 Å². The Morgan fingerprint density at radius 2 is 1.96 bits per heavy atom. The maximum atomic E-state index is 12.8. The second-order valence-electron chi connectivity index (χ2n) is 6.88. The van der Waals surface area contributed by atoms with E-state index in [1.165, 1.54) is 0 Å². The van der Waals surface area contributed by atoms with Gasteiger partial charge in [0, 0.05) is 18.7 Å². The van der Waals surface area contributed by atoms with Gasteiger partial charge in [0.05, 0.1) is 12.5 Å². The summed E-state index contributed by atoms with van der Waals surface area (Å²) < 4.78 is 5.34. The summed E-state index contributed by atoms with van der Waals surface area (Å²) in [5.74, 6) is 0.0532. The fraction of sp³-hybridized carbons (Fsp3) is 0.556. The molecule has 1 amide bonds. The van der Waals surface area contributed by atoms with Crippen LogP contribution in [0.3, 0.4) is 0 Å². The molecule has 0 unspecified atom stereocenters. The number of likely N-dealkylation sites (tertiary alicyclic amines) is 1. The SMILES string of the molecule is COc1c(C)cc(C(=O)N2C[C@@H]3CCC[C@@]3(C(=O)O)C2)cc1C. The van der Waals surface area contributed by atoms with Crippen LogP contribution in [0.1, 0.15) is 40.7 Å². The van der Waals surface area contributed by atoms with Crippen LogP contribution >= 0.6 is 0 Å². The second-order valence-corrected chi connectivity index (χ2v) is 6.88. The minimum atomic E-state index is -0.752. The van der Waals surface area contributed by atoms with Crippen LogP contribution in [0.25, 0.3) is 0 Å². The fourth-order valence-corrected chi connectivity index (χ4v) is 4.37. The summed E-state index contributed by atoms with van der Waals surface area (Å²) in [7, 11) is 1.62. The van der Waals surface area contributed by atoms with Crippen LogP contribution in [0.5, 0.6) is 5.75 Å². The minimum absolute atomic E-state index is 0.0751. The number of aryl methyl sites for hydroxylation is 2. The van der Waals surface area contributed by atoms with E-state index in [0.717, 1.165) is 29.7 Å². The van der Waals surface area contributed by atoms with Crippen LogP contribution in [0.2, 0.25) is 0 Å². The van der Waals surface area contributed by atoms with E-state index in [9.17, 15) is 14.7 Å². The molecule has 5 heteroatoms. The van der Waals surface area contributed by atoms with Crippen molar-refractivity contribution in [2.45, 2.75) is 33.1 Å². The topological polar surface area (TPSA) is 66.8 Å². The summed E-state index contributed by atoms with van der Waals surface area (Å²) in [4.78, 5) is 26.3. The number of fused-ring (bicyclic) bond motifs is 1. The number of amides is 1. The number of hydrogen-bond acceptors (Lipinski definition) is 3. The third-order valence-corrected chi connectivity index (χ3v) is 5.50. The van der Waals surface area contributed by atoms with Crippen LogP contribution in [-0.4, -0.2) is 42.1 Å². The lowest BCUT2D eigenvalue weighted by molar-refractivity contribution is -0.149. The van der Waals surface area contributed by atoms with Crippen molar-refractivity contribution in [3.05, 3.63) is 28.8 Å². The molecule has 1 N–H and O–H groups in total. The first kappa shape index (κ1) is 15.8. The number of benzene rings is 1. The lowest BCUT2D eigenvalue weighted by atomic mass is 9.81. The van der Waals surface area contributed by atoms with Crippen molar-refractivity contribution in [2.24, 2.45) is 11.3 Å². The number of ether oxygens (including phenoxy) is 1. The Morgan fingerprint density at radius 1 is 1.30 bits per heavy atom. The maximum Gasteiger partial charge on any atom is 0.311 e. The van der Waals surface area contributed by atoms with Gasteiger partial charge in [-0.05, 0) is 55.9 Å². The van der Waals surface area contributed by atoms with E-state index >= 15 is 0 Å². The molecule has 124 valence electrons. The Bertz CT molecular complexity index is 646. The quantitative estimate of drug-likeness (QED) is 0.930. The first-order valence-corrected chi connectivity index (χ1v) is 8.07.